The van der Waals surface area contributed by atoms with Crippen LogP contribution in [0.1, 0.15) is 35.9 Å². The predicted octanol–water partition coefficient (Wildman–Crippen LogP) is 2.87. The van der Waals surface area contributed by atoms with Crippen LogP contribution in [-0.2, 0) is 4.79 Å². The first kappa shape index (κ1) is 16.5. The number of carbonyl (C=O) groups excluding carboxylic acids is 2. The molecule has 24 heavy (non-hydrogen) atoms. The zero-order chi connectivity index (χ0) is 17.3. The highest BCUT2D eigenvalue weighted by Crippen LogP contribution is 2.28. The molecule has 3 rings (SSSR count). The summed E-state index contributed by atoms with van der Waals surface area (Å²) in [6.45, 7) is 5.19. The summed E-state index contributed by atoms with van der Waals surface area (Å²) in [5.74, 6) is -0.576. The van der Waals surface area contributed by atoms with E-state index in [2.05, 4.69) is 5.32 Å². The SMILES string of the molecule is CCNC(=O)C1CCCN(C(=O)c2oc3ccc(F)cc3c2C)C1. The number of benzene rings is 1. The van der Waals surface area contributed by atoms with E-state index in [1.165, 1.54) is 18.2 Å². The lowest BCUT2D eigenvalue weighted by molar-refractivity contribution is -0.126. The molecule has 2 heterocycles. The van der Waals surface area contributed by atoms with E-state index in [-0.39, 0.29) is 29.3 Å². The van der Waals surface area contributed by atoms with E-state index in [0.717, 1.165) is 12.8 Å². The van der Waals surface area contributed by atoms with Gasteiger partial charge in [-0.05, 0) is 44.9 Å². The van der Waals surface area contributed by atoms with E-state index in [9.17, 15) is 14.0 Å². The maximum Gasteiger partial charge on any atom is 0.289 e. The van der Waals surface area contributed by atoms with Crippen molar-refractivity contribution in [3.63, 3.8) is 0 Å². The Labute approximate surface area is 139 Å². The summed E-state index contributed by atoms with van der Waals surface area (Å²) in [6, 6.07) is 4.21. The topological polar surface area (TPSA) is 62.6 Å². The molecule has 1 atom stereocenters. The van der Waals surface area contributed by atoms with Gasteiger partial charge in [0.15, 0.2) is 5.76 Å². The van der Waals surface area contributed by atoms with E-state index in [1.807, 2.05) is 6.92 Å². The molecule has 0 bridgehead atoms. The lowest BCUT2D eigenvalue weighted by Gasteiger charge is -2.31. The number of likely N-dealkylation sites (tertiary alicyclic amines) is 1. The van der Waals surface area contributed by atoms with E-state index in [4.69, 9.17) is 4.42 Å². The molecular formula is C18H21FN2O3. The van der Waals surface area contributed by atoms with Gasteiger partial charge >= 0.3 is 0 Å². The molecule has 1 fully saturated rings. The molecule has 0 saturated carbocycles. The van der Waals surface area contributed by atoms with Gasteiger partial charge in [0.2, 0.25) is 5.91 Å². The van der Waals surface area contributed by atoms with Crippen LogP contribution in [0.5, 0.6) is 0 Å². The number of aryl methyl sites for hydroxylation is 1. The fraction of sp³-hybridized carbons (Fsp3) is 0.444. The Morgan fingerprint density at radius 1 is 1.42 bits per heavy atom. The Morgan fingerprint density at radius 2 is 2.21 bits per heavy atom. The fourth-order valence-corrected chi connectivity index (χ4v) is 3.23. The number of hydrogen-bond donors (Lipinski definition) is 1. The smallest absolute Gasteiger partial charge is 0.289 e. The maximum absolute atomic E-state index is 13.4. The van der Waals surface area contributed by atoms with Crippen molar-refractivity contribution in [3.8, 4) is 0 Å². The van der Waals surface area contributed by atoms with Crippen molar-refractivity contribution in [2.45, 2.75) is 26.7 Å². The average molecular weight is 332 g/mol. The van der Waals surface area contributed by atoms with Crippen LogP contribution in [0, 0.1) is 18.7 Å². The molecule has 1 N–H and O–H groups in total. The van der Waals surface area contributed by atoms with Crippen molar-refractivity contribution in [3.05, 3.63) is 35.3 Å². The van der Waals surface area contributed by atoms with Gasteiger partial charge < -0.3 is 14.6 Å². The molecule has 128 valence electrons. The molecule has 1 saturated heterocycles. The minimum absolute atomic E-state index is 0.0154. The molecule has 1 aliphatic heterocycles. The monoisotopic (exact) mass is 332 g/mol. The van der Waals surface area contributed by atoms with Crippen LogP contribution in [0.3, 0.4) is 0 Å². The molecule has 1 aromatic heterocycles. The van der Waals surface area contributed by atoms with Crippen molar-refractivity contribution < 1.29 is 18.4 Å². The van der Waals surface area contributed by atoms with Gasteiger partial charge in [-0.25, -0.2) is 4.39 Å². The second-order valence-corrected chi connectivity index (χ2v) is 6.18. The van der Waals surface area contributed by atoms with Crippen molar-refractivity contribution in [2.24, 2.45) is 5.92 Å². The third-order valence-corrected chi connectivity index (χ3v) is 4.52. The van der Waals surface area contributed by atoms with Gasteiger partial charge in [-0.3, -0.25) is 9.59 Å². The number of rotatable bonds is 3. The second-order valence-electron chi connectivity index (χ2n) is 6.18. The Bertz CT molecular complexity index is 784. The summed E-state index contributed by atoms with van der Waals surface area (Å²) in [7, 11) is 0. The van der Waals surface area contributed by atoms with Gasteiger partial charge in [-0.2, -0.15) is 0 Å². The van der Waals surface area contributed by atoms with Crippen LogP contribution in [0.15, 0.2) is 22.6 Å². The quantitative estimate of drug-likeness (QED) is 0.940. The Balaban J connectivity index is 1.83. The number of amides is 2. The van der Waals surface area contributed by atoms with E-state index in [1.54, 1.807) is 11.8 Å². The molecule has 2 aromatic rings. The number of halogens is 1. The molecule has 2 amide bonds. The Kier molecular flexibility index (Phi) is 4.55. The number of piperidine rings is 1. The summed E-state index contributed by atoms with van der Waals surface area (Å²) in [6.07, 6.45) is 1.56. The fourth-order valence-electron chi connectivity index (χ4n) is 3.23. The van der Waals surface area contributed by atoms with Crippen molar-refractivity contribution in [2.75, 3.05) is 19.6 Å². The summed E-state index contributed by atoms with van der Waals surface area (Å²) >= 11 is 0. The summed E-state index contributed by atoms with van der Waals surface area (Å²) in [4.78, 5) is 26.5. The van der Waals surface area contributed by atoms with Crippen LogP contribution >= 0.6 is 0 Å². The average Bonchev–Trinajstić information content (AvgIpc) is 2.91. The number of furan rings is 1. The van der Waals surface area contributed by atoms with Gasteiger partial charge in [0.25, 0.3) is 5.91 Å². The first-order valence-electron chi connectivity index (χ1n) is 8.27. The van der Waals surface area contributed by atoms with Crippen LogP contribution in [0.4, 0.5) is 4.39 Å². The normalized spacial score (nSPS) is 18.0. The molecule has 1 aliphatic rings. The zero-order valence-corrected chi connectivity index (χ0v) is 13.9. The van der Waals surface area contributed by atoms with Crippen LogP contribution in [0.2, 0.25) is 0 Å². The number of hydrogen-bond acceptors (Lipinski definition) is 3. The lowest BCUT2D eigenvalue weighted by Crippen LogP contribution is -2.45. The Morgan fingerprint density at radius 3 is 2.96 bits per heavy atom. The number of fused-ring (bicyclic) bond motifs is 1. The van der Waals surface area contributed by atoms with Crippen LogP contribution in [0.25, 0.3) is 11.0 Å². The first-order valence-corrected chi connectivity index (χ1v) is 8.27. The third kappa shape index (κ3) is 3.00. The van der Waals surface area contributed by atoms with Crippen molar-refractivity contribution >= 4 is 22.8 Å². The van der Waals surface area contributed by atoms with Gasteiger partial charge in [0, 0.05) is 30.6 Å². The van der Waals surface area contributed by atoms with E-state index < -0.39 is 0 Å². The number of carbonyl (C=O) groups is 2. The van der Waals surface area contributed by atoms with E-state index in [0.29, 0.717) is 36.2 Å². The molecule has 1 unspecified atom stereocenters. The van der Waals surface area contributed by atoms with Crippen molar-refractivity contribution in [1.29, 1.82) is 0 Å². The van der Waals surface area contributed by atoms with Crippen LogP contribution < -0.4 is 5.32 Å². The molecule has 0 radical (unpaired) electrons. The van der Waals surface area contributed by atoms with Gasteiger partial charge in [-0.15, -0.1) is 0 Å². The third-order valence-electron chi connectivity index (χ3n) is 4.52. The zero-order valence-electron chi connectivity index (χ0n) is 13.9. The maximum atomic E-state index is 13.4. The number of nitrogens with one attached hydrogen (secondary N) is 1. The predicted molar refractivity (Wildman–Crippen MR) is 88.2 cm³/mol. The first-order chi connectivity index (χ1) is 11.5. The minimum atomic E-state index is -0.361. The highest BCUT2D eigenvalue weighted by Gasteiger charge is 2.31. The summed E-state index contributed by atoms with van der Waals surface area (Å²) < 4.78 is 19.1. The second kappa shape index (κ2) is 6.63. The molecule has 1 aromatic carbocycles. The largest absolute Gasteiger partial charge is 0.451 e. The van der Waals surface area contributed by atoms with E-state index >= 15 is 0 Å². The number of nitrogens with zero attached hydrogens (tertiary/aromatic N) is 1. The summed E-state index contributed by atoms with van der Waals surface area (Å²) in [5.41, 5.74) is 1.13. The Hall–Kier alpha value is -2.37. The molecule has 5 nitrogen and oxygen atoms in total. The van der Waals surface area contributed by atoms with Gasteiger partial charge in [0.1, 0.15) is 11.4 Å². The van der Waals surface area contributed by atoms with Gasteiger partial charge in [0.05, 0.1) is 5.92 Å². The highest BCUT2D eigenvalue weighted by molar-refractivity contribution is 5.99. The minimum Gasteiger partial charge on any atom is -0.451 e. The highest BCUT2D eigenvalue weighted by atomic mass is 19.1. The van der Waals surface area contributed by atoms with Crippen molar-refractivity contribution in [1.82, 2.24) is 10.2 Å². The lowest BCUT2D eigenvalue weighted by atomic mass is 9.96. The molecule has 6 heteroatoms. The molecular weight excluding hydrogens is 311 g/mol. The van der Waals surface area contributed by atoms with Crippen LogP contribution in [-0.4, -0.2) is 36.3 Å². The summed E-state index contributed by atoms with van der Waals surface area (Å²) in [5, 5.41) is 3.42. The van der Waals surface area contributed by atoms with Gasteiger partial charge in [-0.1, -0.05) is 0 Å². The standard InChI is InChI=1S/C18H21FN2O3/c1-3-20-17(22)12-5-4-8-21(10-12)18(23)16-11(2)14-9-13(19)6-7-15(14)24-16/h6-7,9,12H,3-5,8,10H2,1-2H3,(H,20,22). The molecule has 0 aliphatic carbocycles. The molecule has 0 spiro atoms.